The molecule has 0 fully saturated rings. The zero-order valence-electron chi connectivity index (χ0n) is 22.6. The summed E-state index contributed by atoms with van der Waals surface area (Å²) in [6.07, 6.45) is 1.54. The number of furan rings is 1. The van der Waals surface area contributed by atoms with E-state index in [1.807, 2.05) is 0 Å². The predicted molar refractivity (Wildman–Crippen MR) is 150 cm³/mol. The topological polar surface area (TPSA) is 145 Å². The Hall–Kier alpha value is -5.17. The molecule has 13 heteroatoms. The second-order valence-corrected chi connectivity index (χ2v) is 10.3. The van der Waals surface area contributed by atoms with E-state index in [1.165, 1.54) is 17.7 Å². The van der Waals surface area contributed by atoms with E-state index in [9.17, 15) is 19.7 Å². The first-order valence-corrected chi connectivity index (χ1v) is 13.6. The second kappa shape index (κ2) is 10.7. The molecule has 0 unspecified atom stereocenters. The van der Waals surface area contributed by atoms with Gasteiger partial charge in [-0.2, -0.15) is 0 Å². The van der Waals surface area contributed by atoms with Crippen molar-refractivity contribution >= 4 is 29.1 Å². The van der Waals surface area contributed by atoms with Crippen molar-refractivity contribution in [1.82, 2.24) is 4.57 Å². The first-order chi connectivity index (χ1) is 20.3. The molecule has 42 heavy (non-hydrogen) atoms. The number of aromatic nitrogens is 1. The van der Waals surface area contributed by atoms with E-state index in [-0.39, 0.29) is 36.0 Å². The lowest BCUT2D eigenvalue weighted by atomic mass is 9.95. The zero-order chi connectivity index (χ0) is 29.5. The van der Waals surface area contributed by atoms with Gasteiger partial charge < -0.3 is 23.4 Å². The number of hydrogen-bond donors (Lipinski definition) is 0. The highest BCUT2D eigenvalue weighted by molar-refractivity contribution is 7.07. The Bertz CT molecular complexity index is 1970. The summed E-state index contributed by atoms with van der Waals surface area (Å²) in [4.78, 5) is 43.1. The summed E-state index contributed by atoms with van der Waals surface area (Å²) >= 11 is 1.13. The number of rotatable bonds is 7. The minimum atomic E-state index is -0.828. The molecule has 0 saturated heterocycles. The maximum absolute atomic E-state index is 13.9. The van der Waals surface area contributed by atoms with E-state index in [4.69, 9.17) is 23.4 Å². The predicted octanol–water partition coefficient (Wildman–Crippen LogP) is 3.70. The maximum atomic E-state index is 13.9. The van der Waals surface area contributed by atoms with Crippen LogP contribution in [0.25, 0.3) is 17.4 Å². The third-order valence-corrected chi connectivity index (χ3v) is 7.78. The van der Waals surface area contributed by atoms with Crippen LogP contribution in [-0.2, 0) is 9.53 Å². The third-order valence-electron chi connectivity index (χ3n) is 6.80. The highest BCUT2D eigenvalue weighted by Gasteiger charge is 2.34. The standard InChI is InChI=1S/C29H23N3O9S/c1-4-38-28(34)25-15(2)30-29-31(26(25)16-5-9-22-23(11-16)40-14-39-22)27(33)24(42-29)13-18-7-10-21(41-18)19-8-6-17(37-3)12-20(19)32(35)36/h5-13,26H,4,14H2,1-3H3/b24-13-/t26-/m0/s1. The zero-order valence-corrected chi connectivity index (χ0v) is 23.4. The summed E-state index contributed by atoms with van der Waals surface area (Å²) in [5.41, 5.74) is 0.970. The van der Waals surface area contributed by atoms with Crippen LogP contribution in [0.4, 0.5) is 5.69 Å². The molecule has 2 aromatic carbocycles. The van der Waals surface area contributed by atoms with Crippen LogP contribution < -0.4 is 29.1 Å². The van der Waals surface area contributed by atoms with Gasteiger partial charge in [0.25, 0.3) is 11.2 Å². The maximum Gasteiger partial charge on any atom is 0.338 e. The van der Waals surface area contributed by atoms with Crippen LogP contribution in [0.2, 0.25) is 0 Å². The van der Waals surface area contributed by atoms with Crippen molar-refractivity contribution in [1.29, 1.82) is 0 Å². The van der Waals surface area contributed by atoms with E-state index in [0.29, 0.717) is 43.6 Å². The Morgan fingerprint density at radius 2 is 2.00 bits per heavy atom. The van der Waals surface area contributed by atoms with Crippen molar-refractivity contribution in [3.63, 3.8) is 0 Å². The number of fused-ring (bicyclic) bond motifs is 2. The normalized spacial score (nSPS) is 15.8. The van der Waals surface area contributed by atoms with Gasteiger partial charge in [0, 0.05) is 6.08 Å². The molecule has 12 nitrogen and oxygen atoms in total. The van der Waals surface area contributed by atoms with Crippen molar-refractivity contribution in [2.24, 2.45) is 4.99 Å². The molecule has 0 amide bonds. The fourth-order valence-electron chi connectivity index (χ4n) is 4.89. The number of hydrogen-bond acceptors (Lipinski definition) is 11. The molecule has 0 aliphatic carbocycles. The molecular weight excluding hydrogens is 566 g/mol. The molecule has 0 spiro atoms. The van der Waals surface area contributed by atoms with Gasteiger partial charge in [0.1, 0.15) is 17.3 Å². The van der Waals surface area contributed by atoms with Crippen molar-refractivity contribution in [3.8, 4) is 28.6 Å². The number of ether oxygens (including phenoxy) is 4. The highest BCUT2D eigenvalue weighted by atomic mass is 32.1. The van der Waals surface area contributed by atoms with Crippen molar-refractivity contribution < 1.29 is 33.1 Å². The smallest absolute Gasteiger partial charge is 0.338 e. The summed E-state index contributed by atoms with van der Waals surface area (Å²) in [6, 6.07) is 12.1. The number of nitro groups is 1. The Morgan fingerprint density at radius 3 is 2.76 bits per heavy atom. The number of carbonyl (C=O) groups excluding carboxylic acids is 1. The molecule has 0 radical (unpaired) electrons. The lowest BCUT2D eigenvalue weighted by molar-refractivity contribution is -0.384. The molecule has 6 rings (SSSR count). The van der Waals surface area contributed by atoms with Crippen molar-refractivity contribution in [2.75, 3.05) is 20.5 Å². The molecule has 0 N–H and O–H groups in total. The number of nitrogens with zero attached hydrogens (tertiary/aromatic N) is 3. The number of benzene rings is 2. The molecular formula is C29H23N3O9S. The van der Waals surface area contributed by atoms with Gasteiger partial charge in [-0.1, -0.05) is 17.4 Å². The molecule has 214 valence electrons. The Balaban J connectivity index is 1.46. The average Bonchev–Trinajstić information content (AvgIpc) is 3.71. The van der Waals surface area contributed by atoms with Crippen molar-refractivity contribution in [2.45, 2.75) is 19.9 Å². The highest BCUT2D eigenvalue weighted by Crippen LogP contribution is 2.38. The van der Waals surface area contributed by atoms with Gasteiger partial charge in [0.05, 0.1) is 52.1 Å². The molecule has 4 heterocycles. The van der Waals surface area contributed by atoms with Crippen LogP contribution in [0.1, 0.15) is 31.2 Å². The number of esters is 1. The van der Waals surface area contributed by atoms with Gasteiger partial charge in [-0.05, 0) is 55.8 Å². The Kier molecular flexibility index (Phi) is 6.86. The largest absolute Gasteiger partial charge is 0.497 e. The number of thiazole rings is 1. The van der Waals surface area contributed by atoms with E-state index in [0.717, 1.165) is 11.3 Å². The minimum Gasteiger partial charge on any atom is -0.497 e. The van der Waals surface area contributed by atoms with Gasteiger partial charge in [0.15, 0.2) is 16.3 Å². The van der Waals surface area contributed by atoms with Gasteiger partial charge in [-0.3, -0.25) is 19.5 Å². The number of nitro benzene ring substituents is 1. The van der Waals surface area contributed by atoms with Crippen LogP contribution in [0.15, 0.2) is 74.0 Å². The van der Waals surface area contributed by atoms with E-state index in [1.54, 1.807) is 62.4 Å². The molecule has 0 bridgehead atoms. The monoisotopic (exact) mass is 589 g/mol. The fourth-order valence-corrected chi connectivity index (χ4v) is 5.92. The van der Waals surface area contributed by atoms with Crippen LogP contribution in [0.3, 0.4) is 0 Å². The van der Waals surface area contributed by atoms with Crippen LogP contribution in [0, 0.1) is 10.1 Å². The Morgan fingerprint density at radius 1 is 1.19 bits per heavy atom. The molecule has 2 aliphatic heterocycles. The summed E-state index contributed by atoms with van der Waals surface area (Å²) in [7, 11) is 1.42. The molecule has 1 atom stereocenters. The lowest BCUT2D eigenvalue weighted by Crippen LogP contribution is -2.39. The molecule has 0 saturated carbocycles. The minimum absolute atomic E-state index is 0.0754. The summed E-state index contributed by atoms with van der Waals surface area (Å²) in [5, 5.41) is 11.7. The SMILES string of the molecule is CCOC(=O)C1=C(C)N=c2s/c(=C\c3ccc(-c4ccc(OC)cc4[N+](=O)[O-])o3)c(=O)n2[C@H]1c1ccc2c(c1)OCO2. The molecule has 2 aliphatic rings. The van der Waals surface area contributed by atoms with E-state index >= 15 is 0 Å². The van der Waals surface area contributed by atoms with Crippen LogP contribution in [0.5, 0.6) is 17.2 Å². The summed E-state index contributed by atoms with van der Waals surface area (Å²) in [6.45, 7) is 3.63. The van der Waals surface area contributed by atoms with Gasteiger partial charge in [0.2, 0.25) is 6.79 Å². The summed E-state index contributed by atoms with van der Waals surface area (Å²) in [5.74, 6) is 1.39. The third kappa shape index (κ3) is 4.63. The van der Waals surface area contributed by atoms with Crippen LogP contribution >= 0.6 is 11.3 Å². The first-order valence-electron chi connectivity index (χ1n) is 12.8. The quantitative estimate of drug-likeness (QED) is 0.179. The van der Waals surface area contributed by atoms with E-state index in [2.05, 4.69) is 4.99 Å². The summed E-state index contributed by atoms with van der Waals surface area (Å²) < 4.78 is 29.1. The second-order valence-electron chi connectivity index (χ2n) is 9.26. The fraction of sp³-hybridized carbons (Fsp3) is 0.207. The lowest BCUT2D eigenvalue weighted by Gasteiger charge is -2.24. The van der Waals surface area contributed by atoms with E-state index < -0.39 is 22.5 Å². The number of allylic oxidation sites excluding steroid dienone is 1. The number of methoxy groups -OCH3 is 1. The van der Waals surface area contributed by atoms with Gasteiger partial charge in [-0.25, -0.2) is 9.79 Å². The van der Waals surface area contributed by atoms with Gasteiger partial charge >= 0.3 is 5.97 Å². The Labute approximate surface area is 241 Å². The molecule has 2 aromatic heterocycles. The van der Waals surface area contributed by atoms with Crippen molar-refractivity contribution in [3.05, 3.63) is 101 Å². The number of carbonyl (C=O) groups is 1. The first kappa shape index (κ1) is 27.0. The average molecular weight is 590 g/mol. The van der Waals surface area contributed by atoms with Gasteiger partial charge in [-0.15, -0.1) is 0 Å². The molecule has 4 aromatic rings. The van der Waals surface area contributed by atoms with Crippen LogP contribution in [-0.4, -0.2) is 36.0 Å².